The van der Waals surface area contributed by atoms with Crippen molar-refractivity contribution in [3.05, 3.63) is 174 Å². The van der Waals surface area contributed by atoms with Crippen molar-refractivity contribution in [2.45, 2.75) is 5.41 Å². The zero-order valence-electron chi connectivity index (χ0n) is 20.4. The number of fused-ring (bicyclic) bond motifs is 3. The Morgan fingerprint density at radius 3 is 1.86 bits per heavy atom. The molecule has 0 amide bonds. The number of hydrogen-bond donors (Lipinski definition) is 0. The third-order valence-electron chi connectivity index (χ3n) is 7.65. The second-order valence-electron chi connectivity index (χ2n) is 9.58. The zero-order valence-corrected chi connectivity index (χ0v) is 20.4. The van der Waals surface area contributed by atoms with Gasteiger partial charge in [-0.3, -0.25) is 4.98 Å². The van der Waals surface area contributed by atoms with E-state index in [1.807, 2.05) is 18.5 Å². The van der Waals surface area contributed by atoms with Crippen molar-refractivity contribution in [2.75, 3.05) is 0 Å². The maximum atomic E-state index is 4.57. The van der Waals surface area contributed by atoms with Gasteiger partial charge in [0.2, 0.25) is 0 Å². The predicted molar refractivity (Wildman–Crippen MR) is 152 cm³/mol. The Labute approximate surface area is 217 Å². The molecule has 37 heavy (non-hydrogen) atoms. The van der Waals surface area contributed by atoms with Gasteiger partial charge in [0.05, 0.1) is 5.41 Å². The highest BCUT2D eigenvalue weighted by Crippen LogP contribution is 2.58. The normalized spacial score (nSPS) is 15.7. The average molecular weight is 472 g/mol. The molecule has 7 rings (SSSR count). The molecule has 0 bridgehead atoms. The summed E-state index contributed by atoms with van der Waals surface area (Å²) in [5.41, 5.74) is 12.1. The fraction of sp³-hybridized carbons (Fsp3) is 0.0278. The average Bonchev–Trinajstić information content (AvgIpc) is 3.30. The molecule has 0 fully saturated rings. The van der Waals surface area contributed by atoms with Crippen LogP contribution in [0.2, 0.25) is 0 Å². The summed E-state index contributed by atoms with van der Waals surface area (Å²) in [6, 6.07) is 50.3. The number of rotatable bonds is 4. The lowest BCUT2D eigenvalue weighted by atomic mass is 9.68. The number of pyridine rings is 1. The molecule has 6 aromatic rings. The summed E-state index contributed by atoms with van der Waals surface area (Å²) >= 11 is 0. The molecule has 0 spiro atoms. The van der Waals surface area contributed by atoms with Crippen LogP contribution in [0.1, 0.15) is 22.3 Å². The van der Waals surface area contributed by atoms with Crippen molar-refractivity contribution in [3.8, 4) is 33.4 Å². The fourth-order valence-corrected chi connectivity index (χ4v) is 6.13. The van der Waals surface area contributed by atoms with E-state index in [9.17, 15) is 0 Å². The molecule has 1 nitrogen and oxygen atoms in total. The van der Waals surface area contributed by atoms with E-state index in [1.165, 1.54) is 55.6 Å². The monoisotopic (exact) mass is 471 g/mol. The number of hydrogen-bond acceptors (Lipinski definition) is 1. The van der Waals surface area contributed by atoms with E-state index in [1.54, 1.807) is 0 Å². The van der Waals surface area contributed by atoms with E-state index in [0.717, 1.165) is 0 Å². The fourth-order valence-electron chi connectivity index (χ4n) is 6.13. The van der Waals surface area contributed by atoms with Gasteiger partial charge in [-0.15, -0.1) is 0 Å². The van der Waals surface area contributed by atoms with Crippen LogP contribution in [-0.2, 0) is 5.41 Å². The van der Waals surface area contributed by atoms with Crippen LogP contribution >= 0.6 is 0 Å². The highest BCUT2D eigenvalue weighted by Gasteiger charge is 2.46. The number of benzene rings is 5. The van der Waals surface area contributed by atoms with Crippen LogP contribution in [0.5, 0.6) is 0 Å². The topological polar surface area (TPSA) is 12.9 Å². The number of nitrogens with zero attached hydrogens (tertiary/aromatic N) is 1. The second-order valence-corrected chi connectivity index (χ2v) is 9.58. The van der Waals surface area contributed by atoms with Gasteiger partial charge in [-0.2, -0.15) is 0 Å². The molecule has 1 heteroatoms. The van der Waals surface area contributed by atoms with Gasteiger partial charge in [-0.1, -0.05) is 127 Å². The van der Waals surface area contributed by atoms with Crippen molar-refractivity contribution in [3.63, 3.8) is 0 Å². The van der Waals surface area contributed by atoms with Gasteiger partial charge in [-0.05, 0) is 67.8 Å². The van der Waals surface area contributed by atoms with Crippen molar-refractivity contribution in [1.82, 2.24) is 4.98 Å². The first kappa shape index (κ1) is 21.5. The minimum Gasteiger partial charge on any atom is -0.264 e. The van der Waals surface area contributed by atoms with Gasteiger partial charge in [0, 0.05) is 12.4 Å². The minimum absolute atomic E-state index is 0.436. The van der Waals surface area contributed by atoms with Crippen molar-refractivity contribution < 1.29 is 0 Å². The largest absolute Gasteiger partial charge is 0.264 e. The van der Waals surface area contributed by atoms with Gasteiger partial charge in [0.1, 0.15) is 0 Å². The summed E-state index contributed by atoms with van der Waals surface area (Å²) in [5, 5.41) is 0. The molecule has 0 N–H and O–H groups in total. The standard InChI is InChI=1S/C36H25N/c1-3-12-26(13-4-1)27-14-9-15-28(24-27)31-20-10-22-34-35(31)32-19-7-8-21-33(32)36(34,29-16-5-2-6-17-29)30-18-11-23-37-25-30/h1-25H. The summed E-state index contributed by atoms with van der Waals surface area (Å²) in [6.45, 7) is 0. The Kier molecular flexibility index (Phi) is 5.08. The van der Waals surface area contributed by atoms with E-state index >= 15 is 0 Å². The summed E-state index contributed by atoms with van der Waals surface area (Å²) in [7, 11) is 0. The Morgan fingerprint density at radius 2 is 1.05 bits per heavy atom. The first-order chi connectivity index (χ1) is 18.4. The van der Waals surface area contributed by atoms with Gasteiger partial charge in [0.15, 0.2) is 0 Å². The molecule has 1 heterocycles. The van der Waals surface area contributed by atoms with Crippen LogP contribution in [0.3, 0.4) is 0 Å². The Morgan fingerprint density at radius 1 is 0.432 bits per heavy atom. The molecule has 1 unspecified atom stereocenters. The van der Waals surface area contributed by atoms with E-state index in [0.29, 0.717) is 0 Å². The SMILES string of the molecule is c1ccc(-c2cccc(-c3cccc4c3-c3ccccc3C4(c3ccccc3)c3cccnc3)c2)cc1. The molecule has 1 aliphatic rings. The molecular formula is C36H25N. The summed E-state index contributed by atoms with van der Waals surface area (Å²) in [5.74, 6) is 0. The summed E-state index contributed by atoms with van der Waals surface area (Å²) < 4.78 is 0. The molecule has 0 aliphatic heterocycles. The number of aromatic nitrogens is 1. The first-order valence-electron chi connectivity index (χ1n) is 12.7. The molecule has 174 valence electrons. The van der Waals surface area contributed by atoms with Crippen molar-refractivity contribution in [2.24, 2.45) is 0 Å². The highest BCUT2D eigenvalue weighted by molar-refractivity contribution is 5.95. The van der Waals surface area contributed by atoms with Crippen LogP contribution in [-0.4, -0.2) is 4.98 Å². The van der Waals surface area contributed by atoms with Crippen molar-refractivity contribution >= 4 is 0 Å². The highest BCUT2D eigenvalue weighted by atomic mass is 14.6. The molecule has 0 saturated carbocycles. The second kappa shape index (κ2) is 8.72. The van der Waals surface area contributed by atoms with Crippen LogP contribution < -0.4 is 0 Å². The molecule has 0 radical (unpaired) electrons. The Bertz CT molecular complexity index is 1660. The van der Waals surface area contributed by atoms with E-state index in [2.05, 4.69) is 138 Å². The van der Waals surface area contributed by atoms with Gasteiger partial charge in [0.25, 0.3) is 0 Å². The molecular weight excluding hydrogens is 446 g/mol. The van der Waals surface area contributed by atoms with Crippen LogP contribution in [0, 0.1) is 0 Å². The molecule has 5 aromatic carbocycles. The quantitative estimate of drug-likeness (QED) is 0.250. The third-order valence-corrected chi connectivity index (χ3v) is 7.65. The molecule has 1 atom stereocenters. The maximum Gasteiger partial charge on any atom is 0.0728 e. The summed E-state index contributed by atoms with van der Waals surface area (Å²) in [6.07, 6.45) is 3.89. The summed E-state index contributed by atoms with van der Waals surface area (Å²) in [4.78, 5) is 4.57. The molecule has 0 saturated heterocycles. The predicted octanol–water partition coefficient (Wildman–Crippen LogP) is 8.78. The Hall–Kier alpha value is -4.75. The zero-order chi connectivity index (χ0) is 24.7. The first-order valence-corrected chi connectivity index (χ1v) is 12.7. The van der Waals surface area contributed by atoms with Gasteiger partial charge < -0.3 is 0 Å². The van der Waals surface area contributed by atoms with Crippen LogP contribution in [0.15, 0.2) is 152 Å². The van der Waals surface area contributed by atoms with Crippen LogP contribution in [0.25, 0.3) is 33.4 Å². The lowest BCUT2D eigenvalue weighted by molar-refractivity contribution is 0.763. The lowest BCUT2D eigenvalue weighted by Crippen LogP contribution is -2.28. The van der Waals surface area contributed by atoms with E-state index in [4.69, 9.17) is 0 Å². The third kappa shape index (κ3) is 3.28. The smallest absolute Gasteiger partial charge is 0.0728 e. The van der Waals surface area contributed by atoms with Gasteiger partial charge >= 0.3 is 0 Å². The van der Waals surface area contributed by atoms with Crippen LogP contribution in [0.4, 0.5) is 0 Å². The van der Waals surface area contributed by atoms with E-state index in [-0.39, 0.29) is 0 Å². The molecule has 1 aromatic heterocycles. The van der Waals surface area contributed by atoms with Crippen molar-refractivity contribution in [1.29, 1.82) is 0 Å². The minimum atomic E-state index is -0.436. The lowest BCUT2D eigenvalue weighted by Gasteiger charge is -2.33. The Balaban J connectivity index is 1.55. The molecule has 1 aliphatic carbocycles. The maximum absolute atomic E-state index is 4.57. The van der Waals surface area contributed by atoms with Gasteiger partial charge in [-0.25, -0.2) is 0 Å². The van der Waals surface area contributed by atoms with E-state index < -0.39 is 5.41 Å².